The lowest BCUT2D eigenvalue weighted by Crippen LogP contribution is -2.38. The van der Waals surface area contributed by atoms with Gasteiger partial charge in [0, 0.05) is 96.4 Å². The van der Waals surface area contributed by atoms with Crippen LogP contribution in [-0.4, -0.2) is 46.9 Å². The Bertz CT molecular complexity index is 1370. The molecule has 2 aromatic carbocycles. The maximum absolute atomic E-state index is 13.3. The van der Waals surface area contributed by atoms with Gasteiger partial charge in [-0.2, -0.15) is 0 Å². The van der Waals surface area contributed by atoms with Crippen molar-refractivity contribution in [3.8, 4) is 0 Å². The Morgan fingerprint density at radius 1 is 0.694 bits per heavy atom. The van der Waals surface area contributed by atoms with Gasteiger partial charge in [-0.3, -0.25) is 9.59 Å². The molecular weight excluding hydrogens is 448 g/mol. The summed E-state index contributed by atoms with van der Waals surface area (Å²) in [7, 11) is 4.13. The maximum atomic E-state index is 13.3. The van der Waals surface area contributed by atoms with Gasteiger partial charge in [0.15, 0.2) is 11.6 Å². The highest BCUT2D eigenvalue weighted by atomic mass is 16.1. The zero-order chi connectivity index (χ0) is 24.8. The highest BCUT2D eigenvalue weighted by Gasteiger charge is 2.33. The number of carbonyl (C=O) groups is 2. The number of aryl methyl sites for hydroxylation is 2. The molecule has 0 spiro atoms. The summed E-state index contributed by atoms with van der Waals surface area (Å²) in [6.07, 6.45) is 3.66. The second kappa shape index (κ2) is 9.34. The van der Waals surface area contributed by atoms with Gasteiger partial charge in [-0.1, -0.05) is 36.4 Å². The number of hydrogen-bond donors (Lipinski definition) is 2. The normalized spacial score (nSPS) is 19.7. The molecule has 6 nitrogen and oxygen atoms in total. The predicted octanol–water partition coefficient (Wildman–Crippen LogP) is 4.04. The third-order valence-corrected chi connectivity index (χ3v) is 8.41. The van der Waals surface area contributed by atoms with E-state index in [1.807, 2.05) is 24.3 Å². The molecule has 2 aromatic heterocycles. The van der Waals surface area contributed by atoms with Crippen molar-refractivity contribution in [3.05, 3.63) is 71.0 Å². The van der Waals surface area contributed by atoms with E-state index < -0.39 is 0 Å². The average molecular weight is 483 g/mol. The van der Waals surface area contributed by atoms with Crippen LogP contribution in [0.2, 0.25) is 0 Å². The molecule has 4 aromatic rings. The Morgan fingerprint density at radius 3 is 1.56 bits per heavy atom. The number of ketones is 2. The molecule has 6 rings (SSSR count). The Hall–Kier alpha value is -3.22. The molecule has 0 amide bonds. The van der Waals surface area contributed by atoms with Gasteiger partial charge in [-0.05, 0) is 37.8 Å². The zero-order valence-corrected chi connectivity index (χ0v) is 21.1. The number of benzene rings is 2. The first kappa shape index (κ1) is 23.2. The minimum atomic E-state index is 0.0213. The van der Waals surface area contributed by atoms with Crippen LogP contribution in [0.4, 0.5) is 0 Å². The highest BCUT2D eigenvalue weighted by molar-refractivity contribution is 6.12. The molecule has 186 valence electrons. The molecule has 0 fully saturated rings. The van der Waals surface area contributed by atoms with Crippen LogP contribution >= 0.6 is 0 Å². The highest BCUT2D eigenvalue weighted by Crippen LogP contribution is 2.34. The van der Waals surface area contributed by atoms with Crippen LogP contribution < -0.4 is 10.6 Å². The molecular formula is C30H34N4O2. The van der Waals surface area contributed by atoms with E-state index in [9.17, 15) is 9.59 Å². The van der Waals surface area contributed by atoms with Crippen LogP contribution in [0.1, 0.15) is 44.9 Å². The van der Waals surface area contributed by atoms with E-state index in [2.05, 4.69) is 58.1 Å². The summed E-state index contributed by atoms with van der Waals surface area (Å²) in [5.41, 5.74) is 6.47. The number of Topliss-reactive ketones (excluding diaryl/α,β-unsaturated/α-hetero) is 2. The molecule has 36 heavy (non-hydrogen) atoms. The average Bonchev–Trinajstić information content (AvgIpc) is 3.36. The molecule has 2 atom stereocenters. The maximum Gasteiger partial charge on any atom is 0.169 e. The fraction of sp³-hybridized carbons (Fsp3) is 0.400. The number of hydrogen-bond acceptors (Lipinski definition) is 4. The molecule has 0 saturated carbocycles. The van der Waals surface area contributed by atoms with Gasteiger partial charge >= 0.3 is 0 Å². The molecule has 0 radical (unpaired) electrons. The summed E-state index contributed by atoms with van der Waals surface area (Å²) < 4.78 is 4.37. The fourth-order valence-corrected chi connectivity index (χ4v) is 6.44. The van der Waals surface area contributed by atoms with Crippen molar-refractivity contribution in [2.75, 3.05) is 26.2 Å². The number of fused-ring (bicyclic) bond motifs is 6. The topological polar surface area (TPSA) is 68.1 Å². The molecule has 0 saturated heterocycles. The van der Waals surface area contributed by atoms with Crippen LogP contribution in [0.15, 0.2) is 48.5 Å². The standard InChI is InChI=1S/C30H34N4O2/c1-33-23-9-5-3-7-21(23)27-25(33)13-11-19(29(27)35)17-31-15-16-32-18-20-12-14-26-28(30(20)36)22-8-4-6-10-24(22)34(26)2/h3-10,19-20,31-32H,11-18H2,1-2H3. The van der Waals surface area contributed by atoms with Crippen molar-refractivity contribution in [2.24, 2.45) is 25.9 Å². The van der Waals surface area contributed by atoms with E-state index in [-0.39, 0.29) is 23.4 Å². The summed E-state index contributed by atoms with van der Waals surface area (Å²) in [5, 5.41) is 9.13. The summed E-state index contributed by atoms with van der Waals surface area (Å²) in [4.78, 5) is 26.6. The van der Waals surface area contributed by atoms with E-state index in [1.54, 1.807) is 0 Å². The number of carbonyl (C=O) groups excluding carboxylic acids is 2. The van der Waals surface area contributed by atoms with Crippen molar-refractivity contribution >= 4 is 33.4 Å². The van der Waals surface area contributed by atoms with Crippen molar-refractivity contribution in [3.63, 3.8) is 0 Å². The lowest BCUT2D eigenvalue weighted by atomic mass is 9.85. The first-order valence-electron chi connectivity index (χ1n) is 13.2. The second-order valence-corrected chi connectivity index (χ2v) is 10.4. The zero-order valence-electron chi connectivity index (χ0n) is 21.1. The number of aromatic nitrogens is 2. The third kappa shape index (κ3) is 3.71. The third-order valence-electron chi connectivity index (χ3n) is 8.41. The second-order valence-electron chi connectivity index (χ2n) is 10.4. The predicted molar refractivity (Wildman–Crippen MR) is 144 cm³/mol. The van der Waals surface area contributed by atoms with Gasteiger partial charge < -0.3 is 19.8 Å². The molecule has 2 heterocycles. The number of para-hydroxylation sites is 2. The van der Waals surface area contributed by atoms with Crippen LogP contribution in [0.3, 0.4) is 0 Å². The first-order chi connectivity index (χ1) is 17.6. The molecule has 2 unspecified atom stereocenters. The van der Waals surface area contributed by atoms with Crippen molar-refractivity contribution in [2.45, 2.75) is 25.7 Å². The smallest absolute Gasteiger partial charge is 0.169 e. The minimum absolute atomic E-state index is 0.0213. The van der Waals surface area contributed by atoms with Gasteiger partial charge in [-0.25, -0.2) is 0 Å². The summed E-state index contributed by atoms with van der Waals surface area (Å²) in [6, 6.07) is 16.4. The summed E-state index contributed by atoms with van der Waals surface area (Å²) in [6.45, 7) is 2.97. The van der Waals surface area contributed by atoms with Gasteiger partial charge in [0.25, 0.3) is 0 Å². The molecule has 0 bridgehead atoms. The van der Waals surface area contributed by atoms with Crippen molar-refractivity contribution in [1.29, 1.82) is 0 Å². The first-order valence-corrected chi connectivity index (χ1v) is 13.2. The minimum Gasteiger partial charge on any atom is -0.347 e. The van der Waals surface area contributed by atoms with Crippen molar-refractivity contribution in [1.82, 2.24) is 19.8 Å². The number of nitrogens with zero attached hydrogens (tertiary/aromatic N) is 2. The van der Waals surface area contributed by atoms with Gasteiger partial charge in [0.1, 0.15) is 0 Å². The van der Waals surface area contributed by atoms with E-state index in [0.29, 0.717) is 13.1 Å². The summed E-state index contributed by atoms with van der Waals surface area (Å²) >= 11 is 0. The van der Waals surface area contributed by atoms with Gasteiger partial charge in [-0.15, -0.1) is 0 Å². The van der Waals surface area contributed by atoms with Gasteiger partial charge in [0.2, 0.25) is 0 Å². The molecule has 2 N–H and O–H groups in total. The number of rotatable bonds is 7. The molecule has 6 heteroatoms. The van der Waals surface area contributed by atoms with E-state index in [1.165, 1.54) is 11.4 Å². The Balaban J connectivity index is 1.01. The Kier molecular flexibility index (Phi) is 6.02. The monoisotopic (exact) mass is 482 g/mol. The Morgan fingerprint density at radius 2 is 1.11 bits per heavy atom. The van der Waals surface area contributed by atoms with Gasteiger partial charge in [0.05, 0.1) is 0 Å². The SMILES string of the molecule is Cn1c2c(c3ccccc31)C(=O)C(CNCCNCC1CCc3c(c4ccccc4n3C)C1=O)CC2. The van der Waals surface area contributed by atoms with E-state index in [0.717, 1.165) is 71.7 Å². The van der Waals surface area contributed by atoms with Crippen LogP contribution in [0.25, 0.3) is 21.8 Å². The number of nitrogens with one attached hydrogen (secondary N) is 2. The van der Waals surface area contributed by atoms with Crippen molar-refractivity contribution < 1.29 is 9.59 Å². The lowest BCUT2D eigenvalue weighted by molar-refractivity contribution is 0.0891. The lowest BCUT2D eigenvalue weighted by Gasteiger charge is -2.23. The van der Waals surface area contributed by atoms with E-state index >= 15 is 0 Å². The van der Waals surface area contributed by atoms with Crippen LogP contribution in [-0.2, 0) is 26.9 Å². The summed E-state index contributed by atoms with van der Waals surface area (Å²) in [5.74, 6) is 0.584. The molecule has 2 aliphatic rings. The fourth-order valence-electron chi connectivity index (χ4n) is 6.44. The molecule has 0 aliphatic heterocycles. The van der Waals surface area contributed by atoms with Crippen LogP contribution in [0, 0.1) is 11.8 Å². The van der Waals surface area contributed by atoms with E-state index in [4.69, 9.17) is 0 Å². The quantitative estimate of drug-likeness (QED) is 0.390. The van der Waals surface area contributed by atoms with Crippen LogP contribution in [0.5, 0.6) is 0 Å². The molecule has 2 aliphatic carbocycles. The Labute approximate surface area is 211 Å². The largest absolute Gasteiger partial charge is 0.347 e.